The quantitative estimate of drug-likeness (QED) is 0.669. The number of nitrogens with two attached hydrogens (primary N) is 1. The number of methoxy groups -OCH3 is 1. The van der Waals surface area contributed by atoms with Crippen molar-refractivity contribution in [3.05, 3.63) is 23.8 Å². The largest absolute Gasteiger partial charge is 0.399 e. The van der Waals surface area contributed by atoms with Crippen LogP contribution in [0.5, 0.6) is 0 Å². The maximum absolute atomic E-state index is 11.7. The van der Waals surface area contributed by atoms with E-state index in [1.165, 1.54) is 0 Å². The number of carbonyl (C=O) groups is 1. The number of hydrogen-bond donors (Lipinski definition) is 3. The van der Waals surface area contributed by atoms with Crippen molar-refractivity contribution in [2.45, 2.75) is 19.4 Å². The number of ether oxygens (including phenoxy) is 1. The van der Waals surface area contributed by atoms with E-state index in [1.807, 2.05) is 6.92 Å². The summed E-state index contributed by atoms with van der Waals surface area (Å²) < 4.78 is 5.03. The lowest BCUT2D eigenvalue weighted by atomic mass is 10.1. The smallest absolute Gasteiger partial charge is 0.253 e. The first-order valence-corrected chi connectivity index (χ1v) is 5.95. The minimum atomic E-state index is -0.128. The molecule has 0 fully saturated rings. The molecule has 1 aromatic rings. The zero-order valence-electron chi connectivity index (χ0n) is 11.1. The van der Waals surface area contributed by atoms with Gasteiger partial charge in [-0.25, -0.2) is 0 Å². The molecule has 0 saturated heterocycles. The molecule has 0 aliphatic carbocycles. The van der Waals surface area contributed by atoms with Crippen molar-refractivity contribution in [1.82, 2.24) is 5.32 Å². The molecule has 1 atom stereocenters. The fourth-order valence-electron chi connectivity index (χ4n) is 1.65. The van der Waals surface area contributed by atoms with Crippen LogP contribution in [-0.2, 0) is 4.74 Å². The molecule has 5 nitrogen and oxygen atoms in total. The van der Waals surface area contributed by atoms with Crippen molar-refractivity contribution >= 4 is 17.3 Å². The Kier molecular flexibility index (Phi) is 5.45. The third-order valence-corrected chi connectivity index (χ3v) is 2.67. The summed E-state index contributed by atoms with van der Waals surface area (Å²) >= 11 is 0. The molecule has 0 aliphatic heterocycles. The molecule has 0 radical (unpaired) electrons. The summed E-state index contributed by atoms with van der Waals surface area (Å²) in [7, 11) is 3.28. The molecular formula is C13H21N3O2. The van der Waals surface area contributed by atoms with Gasteiger partial charge in [0.05, 0.1) is 5.56 Å². The Labute approximate surface area is 108 Å². The van der Waals surface area contributed by atoms with Gasteiger partial charge in [-0.3, -0.25) is 4.79 Å². The summed E-state index contributed by atoms with van der Waals surface area (Å²) in [5.41, 5.74) is 7.72. The van der Waals surface area contributed by atoms with Crippen molar-refractivity contribution in [2.75, 3.05) is 31.8 Å². The first kappa shape index (κ1) is 14.3. The molecule has 1 rings (SSSR count). The third-order valence-electron chi connectivity index (χ3n) is 2.67. The fraction of sp³-hybridized carbons (Fsp3) is 0.462. The first-order valence-electron chi connectivity index (χ1n) is 5.95. The monoisotopic (exact) mass is 251 g/mol. The van der Waals surface area contributed by atoms with Gasteiger partial charge in [-0.1, -0.05) is 0 Å². The maximum Gasteiger partial charge on any atom is 0.253 e. The van der Waals surface area contributed by atoms with Crippen molar-refractivity contribution in [2.24, 2.45) is 0 Å². The van der Waals surface area contributed by atoms with Crippen LogP contribution in [0.25, 0.3) is 0 Å². The summed E-state index contributed by atoms with van der Waals surface area (Å²) in [6, 6.07) is 5.42. The zero-order valence-corrected chi connectivity index (χ0v) is 11.1. The molecule has 0 aromatic heterocycles. The zero-order chi connectivity index (χ0) is 13.5. The SMILES string of the molecule is CNC(=O)c1ccc(N)cc1NC(C)CCOC. The number of anilines is 2. The van der Waals surface area contributed by atoms with E-state index in [2.05, 4.69) is 10.6 Å². The van der Waals surface area contributed by atoms with Crippen LogP contribution in [0.15, 0.2) is 18.2 Å². The standard InChI is InChI=1S/C13H21N3O2/c1-9(6-7-18-3)16-12-8-10(14)4-5-11(12)13(17)15-2/h4-5,8-9,16H,6-7,14H2,1-3H3,(H,15,17). The van der Waals surface area contributed by atoms with Crippen LogP contribution in [-0.4, -0.2) is 32.7 Å². The molecule has 0 spiro atoms. The highest BCUT2D eigenvalue weighted by atomic mass is 16.5. The summed E-state index contributed by atoms with van der Waals surface area (Å²) in [6.07, 6.45) is 0.860. The number of benzene rings is 1. The molecule has 4 N–H and O–H groups in total. The van der Waals surface area contributed by atoms with Crippen molar-refractivity contribution in [1.29, 1.82) is 0 Å². The van der Waals surface area contributed by atoms with Gasteiger partial charge < -0.3 is 21.1 Å². The van der Waals surface area contributed by atoms with Crippen molar-refractivity contribution in [3.8, 4) is 0 Å². The number of amides is 1. The molecule has 0 aliphatic rings. The average Bonchev–Trinajstić information content (AvgIpc) is 2.35. The fourth-order valence-corrected chi connectivity index (χ4v) is 1.65. The normalized spacial score (nSPS) is 11.9. The van der Waals surface area contributed by atoms with Gasteiger partial charge in [0.2, 0.25) is 0 Å². The Morgan fingerprint density at radius 3 is 2.83 bits per heavy atom. The predicted octanol–water partition coefficient (Wildman–Crippen LogP) is 1.47. The summed E-state index contributed by atoms with van der Waals surface area (Å²) in [4.78, 5) is 11.7. The first-order chi connectivity index (χ1) is 8.58. The number of rotatable bonds is 6. The summed E-state index contributed by atoms with van der Waals surface area (Å²) in [5.74, 6) is -0.128. The topological polar surface area (TPSA) is 76.4 Å². The van der Waals surface area contributed by atoms with Gasteiger partial charge in [-0.15, -0.1) is 0 Å². The number of nitrogens with one attached hydrogen (secondary N) is 2. The third kappa shape index (κ3) is 3.92. The molecule has 1 amide bonds. The summed E-state index contributed by atoms with van der Waals surface area (Å²) in [5, 5.41) is 5.89. The van der Waals surface area contributed by atoms with Crippen LogP contribution >= 0.6 is 0 Å². The molecule has 18 heavy (non-hydrogen) atoms. The van der Waals surface area contributed by atoms with Crippen molar-refractivity contribution in [3.63, 3.8) is 0 Å². The van der Waals surface area contributed by atoms with E-state index >= 15 is 0 Å². The van der Waals surface area contributed by atoms with E-state index in [-0.39, 0.29) is 11.9 Å². The molecule has 1 aromatic carbocycles. The van der Waals surface area contributed by atoms with Gasteiger partial charge in [-0.2, -0.15) is 0 Å². The number of carbonyl (C=O) groups excluding carboxylic acids is 1. The Morgan fingerprint density at radius 1 is 1.50 bits per heavy atom. The lowest BCUT2D eigenvalue weighted by molar-refractivity contribution is 0.0964. The van der Waals surface area contributed by atoms with E-state index in [1.54, 1.807) is 32.4 Å². The van der Waals surface area contributed by atoms with Gasteiger partial charge in [-0.05, 0) is 31.5 Å². The highest BCUT2D eigenvalue weighted by molar-refractivity contribution is 6.00. The highest BCUT2D eigenvalue weighted by Gasteiger charge is 2.12. The van der Waals surface area contributed by atoms with Crippen LogP contribution in [0, 0.1) is 0 Å². The Balaban J connectivity index is 2.85. The van der Waals surface area contributed by atoms with Gasteiger partial charge in [0, 0.05) is 38.2 Å². The van der Waals surface area contributed by atoms with E-state index in [4.69, 9.17) is 10.5 Å². The molecule has 5 heteroatoms. The number of nitrogen functional groups attached to an aromatic ring is 1. The second kappa shape index (κ2) is 6.86. The molecular weight excluding hydrogens is 230 g/mol. The minimum absolute atomic E-state index is 0.128. The van der Waals surface area contributed by atoms with Gasteiger partial charge in [0.25, 0.3) is 5.91 Å². The van der Waals surface area contributed by atoms with Gasteiger partial charge in [0.15, 0.2) is 0 Å². The van der Waals surface area contributed by atoms with Crippen molar-refractivity contribution < 1.29 is 9.53 Å². The lowest BCUT2D eigenvalue weighted by Crippen LogP contribution is -2.23. The van der Waals surface area contributed by atoms with E-state index in [9.17, 15) is 4.79 Å². The highest BCUT2D eigenvalue weighted by Crippen LogP contribution is 2.20. The second-order valence-electron chi connectivity index (χ2n) is 4.21. The Morgan fingerprint density at radius 2 is 2.22 bits per heavy atom. The molecule has 1 unspecified atom stereocenters. The predicted molar refractivity (Wildman–Crippen MR) is 73.8 cm³/mol. The van der Waals surface area contributed by atoms with Crippen LogP contribution in [0.3, 0.4) is 0 Å². The maximum atomic E-state index is 11.7. The van der Waals surface area contributed by atoms with Gasteiger partial charge in [0.1, 0.15) is 0 Å². The van der Waals surface area contributed by atoms with Crippen LogP contribution in [0.4, 0.5) is 11.4 Å². The average molecular weight is 251 g/mol. The van der Waals surface area contributed by atoms with E-state index < -0.39 is 0 Å². The number of hydrogen-bond acceptors (Lipinski definition) is 4. The van der Waals surface area contributed by atoms with E-state index in [0.717, 1.165) is 12.1 Å². The lowest BCUT2D eigenvalue weighted by Gasteiger charge is -2.17. The minimum Gasteiger partial charge on any atom is -0.399 e. The Bertz CT molecular complexity index is 407. The Hall–Kier alpha value is -1.75. The van der Waals surface area contributed by atoms with Gasteiger partial charge >= 0.3 is 0 Å². The van der Waals surface area contributed by atoms with Crippen LogP contribution in [0.2, 0.25) is 0 Å². The molecule has 0 bridgehead atoms. The van der Waals surface area contributed by atoms with E-state index in [0.29, 0.717) is 17.9 Å². The molecule has 0 heterocycles. The molecule has 100 valence electrons. The van der Waals surface area contributed by atoms with Crippen LogP contribution < -0.4 is 16.4 Å². The second-order valence-corrected chi connectivity index (χ2v) is 4.21. The van der Waals surface area contributed by atoms with Crippen LogP contribution in [0.1, 0.15) is 23.7 Å². The molecule has 0 saturated carbocycles. The summed E-state index contributed by atoms with van der Waals surface area (Å²) in [6.45, 7) is 2.71.